The second kappa shape index (κ2) is 7.33. The molecule has 0 radical (unpaired) electrons. The number of nitrogens with one attached hydrogen (secondary N) is 1. The minimum Gasteiger partial charge on any atom is -0.323 e. The summed E-state index contributed by atoms with van der Waals surface area (Å²) in [5.74, 6) is -3.24. The summed E-state index contributed by atoms with van der Waals surface area (Å²) in [7, 11) is 0. The molecule has 2 rings (SSSR count). The number of carbonyl (C=O) groups is 2. The van der Waals surface area contributed by atoms with Crippen molar-refractivity contribution in [1.82, 2.24) is 0 Å². The number of nitriles is 1. The first-order valence-corrected chi connectivity index (χ1v) is 6.94. The van der Waals surface area contributed by atoms with E-state index in [1.165, 1.54) is 19.1 Å². The Labute approximate surface area is 137 Å². The van der Waals surface area contributed by atoms with Gasteiger partial charge in [0.25, 0.3) is 0 Å². The standard InChI is InChI=1S/C17H13F2N3O2/c1-11(23)22(13-6-7-14(18)15(19)8-13)10-17(24)21-16-5-3-2-4-12(16)9-20/h2-8H,10H2,1H3,(H,21,24). The van der Waals surface area contributed by atoms with Crippen LogP contribution in [0.4, 0.5) is 20.2 Å². The first kappa shape index (κ1) is 17.1. The third-order valence-corrected chi connectivity index (χ3v) is 3.22. The molecule has 0 aliphatic heterocycles. The van der Waals surface area contributed by atoms with E-state index in [-0.39, 0.29) is 11.3 Å². The van der Waals surface area contributed by atoms with Gasteiger partial charge in [-0.05, 0) is 24.3 Å². The van der Waals surface area contributed by atoms with Crippen LogP contribution in [0, 0.1) is 23.0 Å². The molecule has 2 aromatic carbocycles. The Kier molecular flexibility index (Phi) is 5.22. The quantitative estimate of drug-likeness (QED) is 0.937. The highest BCUT2D eigenvalue weighted by atomic mass is 19.2. The zero-order chi connectivity index (χ0) is 17.7. The molecule has 24 heavy (non-hydrogen) atoms. The lowest BCUT2D eigenvalue weighted by molar-refractivity contribution is -0.120. The second-order valence-corrected chi connectivity index (χ2v) is 4.91. The zero-order valence-electron chi connectivity index (χ0n) is 12.7. The fourth-order valence-electron chi connectivity index (χ4n) is 2.06. The molecular weight excluding hydrogens is 316 g/mol. The Morgan fingerprint density at radius 3 is 2.50 bits per heavy atom. The minimum absolute atomic E-state index is 0.0603. The van der Waals surface area contributed by atoms with E-state index in [4.69, 9.17) is 5.26 Å². The molecule has 122 valence electrons. The zero-order valence-corrected chi connectivity index (χ0v) is 12.7. The van der Waals surface area contributed by atoms with Gasteiger partial charge < -0.3 is 10.2 Å². The minimum atomic E-state index is -1.12. The molecule has 0 unspecified atom stereocenters. The van der Waals surface area contributed by atoms with Gasteiger partial charge in [0, 0.05) is 18.7 Å². The molecule has 0 saturated heterocycles. The average molecular weight is 329 g/mol. The lowest BCUT2D eigenvalue weighted by Crippen LogP contribution is -2.36. The number of nitrogens with zero attached hydrogens (tertiary/aromatic N) is 2. The van der Waals surface area contributed by atoms with Gasteiger partial charge in [-0.3, -0.25) is 9.59 Å². The van der Waals surface area contributed by atoms with Gasteiger partial charge in [-0.15, -0.1) is 0 Å². The fourth-order valence-corrected chi connectivity index (χ4v) is 2.06. The van der Waals surface area contributed by atoms with E-state index in [2.05, 4.69) is 5.32 Å². The summed E-state index contributed by atoms with van der Waals surface area (Å²) < 4.78 is 26.3. The van der Waals surface area contributed by atoms with Crippen LogP contribution in [0.15, 0.2) is 42.5 Å². The Bertz CT molecular complexity index is 831. The fraction of sp³-hybridized carbons (Fsp3) is 0.118. The predicted molar refractivity (Wildman–Crippen MR) is 84.2 cm³/mol. The van der Waals surface area contributed by atoms with E-state index in [0.29, 0.717) is 5.69 Å². The molecule has 5 nitrogen and oxygen atoms in total. The predicted octanol–water partition coefficient (Wildman–Crippen LogP) is 2.83. The molecule has 0 fully saturated rings. The van der Waals surface area contributed by atoms with E-state index >= 15 is 0 Å². The molecule has 7 heteroatoms. The number of rotatable bonds is 4. The van der Waals surface area contributed by atoms with Gasteiger partial charge in [0.05, 0.1) is 11.3 Å². The molecule has 1 N–H and O–H groups in total. The smallest absolute Gasteiger partial charge is 0.244 e. The van der Waals surface area contributed by atoms with E-state index in [1.807, 2.05) is 6.07 Å². The lowest BCUT2D eigenvalue weighted by atomic mass is 10.2. The van der Waals surface area contributed by atoms with Crippen LogP contribution in [0.5, 0.6) is 0 Å². The van der Waals surface area contributed by atoms with Crippen LogP contribution >= 0.6 is 0 Å². The van der Waals surface area contributed by atoms with E-state index in [1.54, 1.807) is 18.2 Å². The van der Waals surface area contributed by atoms with E-state index in [0.717, 1.165) is 17.0 Å². The van der Waals surface area contributed by atoms with Crippen molar-refractivity contribution in [2.24, 2.45) is 0 Å². The monoisotopic (exact) mass is 329 g/mol. The van der Waals surface area contributed by atoms with Crippen molar-refractivity contribution in [3.63, 3.8) is 0 Å². The number of anilines is 2. The van der Waals surface area contributed by atoms with Crippen molar-refractivity contribution >= 4 is 23.2 Å². The van der Waals surface area contributed by atoms with E-state index in [9.17, 15) is 18.4 Å². The molecule has 0 bridgehead atoms. The topological polar surface area (TPSA) is 73.2 Å². The maximum absolute atomic E-state index is 13.3. The summed E-state index contributed by atoms with van der Waals surface area (Å²) in [4.78, 5) is 24.9. The number of para-hydroxylation sites is 1. The maximum Gasteiger partial charge on any atom is 0.244 e. The van der Waals surface area contributed by atoms with Gasteiger partial charge in [-0.2, -0.15) is 5.26 Å². The average Bonchev–Trinajstić information content (AvgIpc) is 2.55. The molecular formula is C17H13F2N3O2. The van der Waals surface area contributed by atoms with Gasteiger partial charge in [0.2, 0.25) is 11.8 Å². The van der Waals surface area contributed by atoms with Gasteiger partial charge in [-0.25, -0.2) is 8.78 Å². The van der Waals surface area contributed by atoms with Gasteiger partial charge in [0.15, 0.2) is 11.6 Å². The Morgan fingerprint density at radius 2 is 1.88 bits per heavy atom. The summed E-state index contributed by atoms with van der Waals surface area (Å²) in [6.45, 7) is 0.804. The summed E-state index contributed by atoms with van der Waals surface area (Å²) in [5, 5.41) is 11.5. The first-order valence-electron chi connectivity index (χ1n) is 6.94. The molecule has 2 aromatic rings. The molecule has 0 aromatic heterocycles. The van der Waals surface area contributed by atoms with Crippen molar-refractivity contribution in [2.45, 2.75) is 6.92 Å². The highest BCUT2D eigenvalue weighted by molar-refractivity contribution is 6.02. The van der Waals surface area contributed by atoms with Crippen molar-refractivity contribution in [3.05, 3.63) is 59.7 Å². The first-order chi connectivity index (χ1) is 11.4. The van der Waals surface area contributed by atoms with Crippen LogP contribution in [0.1, 0.15) is 12.5 Å². The van der Waals surface area contributed by atoms with Crippen LogP contribution in [0.3, 0.4) is 0 Å². The lowest BCUT2D eigenvalue weighted by Gasteiger charge is -2.21. The number of halogens is 2. The highest BCUT2D eigenvalue weighted by Crippen LogP contribution is 2.19. The summed E-state index contributed by atoms with van der Waals surface area (Å²) in [5.41, 5.74) is 0.636. The van der Waals surface area contributed by atoms with E-state index < -0.39 is 30.0 Å². The third-order valence-electron chi connectivity index (χ3n) is 3.22. The molecule has 0 saturated carbocycles. The Balaban J connectivity index is 2.19. The molecule has 0 atom stereocenters. The summed E-state index contributed by atoms with van der Waals surface area (Å²) >= 11 is 0. The van der Waals surface area contributed by atoms with Crippen LogP contribution < -0.4 is 10.2 Å². The van der Waals surface area contributed by atoms with Gasteiger partial charge in [0.1, 0.15) is 12.6 Å². The number of amides is 2. The van der Waals surface area contributed by atoms with Crippen molar-refractivity contribution in [1.29, 1.82) is 5.26 Å². The van der Waals surface area contributed by atoms with Crippen molar-refractivity contribution in [3.8, 4) is 6.07 Å². The SMILES string of the molecule is CC(=O)N(CC(=O)Nc1ccccc1C#N)c1ccc(F)c(F)c1. The molecule has 0 heterocycles. The molecule has 2 amide bonds. The number of hydrogen-bond donors (Lipinski definition) is 1. The molecule has 0 spiro atoms. The van der Waals surface area contributed by atoms with Crippen LogP contribution in [-0.4, -0.2) is 18.4 Å². The molecule has 0 aliphatic rings. The van der Waals surface area contributed by atoms with Gasteiger partial charge in [-0.1, -0.05) is 12.1 Å². The van der Waals surface area contributed by atoms with Crippen LogP contribution in [0.25, 0.3) is 0 Å². The van der Waals surface area contributed by atoms with Crippen LogP contribution in [0.2, 0.25) is 0 Å². The van der Waals surface area contributed by atoms with Crippen molar-refractivity contribution in [2.75, 3.05) is 16.8 Å². The number of hydrogen-bond acceptors (Lipinski definition) is 3. The Morgan fingerprint density at radius 1 is 1.17 bits per heavy atom. The number of benzene rings is 2. The largest absolute Gasteiger partial charge is 0.323 e. The normalized spacial score (nSPS) is 9.92. The third kappa shape index (κ3) is 3.93. The van der Waals surface area contributed by atoms with Crippen LogP contribution in [-0.2, 0) is 9.59 Å². The summed E-state index contributed by atoms with van der Waals surface area (Å²) in [6, 6.07) is 11.2. The van der Waals surface area contributed by atoms with Crippen molar-refractivity contribution < 1.29 is 18.4 Å². The maximum atomic E-state index is 13.3. The highest BCUT2D eigenvalue weighted by Gasteiger charge is 2.18. The summed E-state index contributed by atoms with van der Waals surface area (Å²) in [6.07, 6.45) is 0. The Hall–Kier alpha value is -3.27. The molecule has 0 aliphatic carbocycles. The number of carbonyl (C=O) groups excluding carboxylic acids is 2. The van der Waals surface area contributed by atoms with Gasteiger partial charge >= 0.3 is 0 Å². The second-order valence-electron chi connectivity index (χ2n) is 4.91.